The highest BCUT2D eigenvalue weighted by molar-refractivity contribution is 5.25. The van der Waals surface area contributed by atoms with Crippen molar-refractivity contribution in [2.75, 3.05) is 12.0 Å². The number of ether oxygens (including phenoxy) is 2. The predicted molar refractivity (Wildman–Crippen MR) is 75.5 cm³/mol. The first-order valence-electron chi connectivity index (χ1n) is 7.25. The Morgan fingerprint density at radius 3 is 2.65 bits per heavy atom. The predicted octanol–water partition coefficient (Wildman–Crippen LogP) is 1.90. The molecule has 0 bridgehead atoms. The number of anilines is 1. The van der Waals surface area contributed by atoms with Gasteiger partial charge in [-0.1, -0.05) is 20.3 Å². The molecule has 0 amide bonds. The van der Waals surface area contributed by atoms with Crippen LogP contribution in [0.2, 0.25) is 0 Å². The van der Waals surface area contributed by atoms with Crippen molar-refractivity contribution in [2.45, 2.75) is 52.1 Å². The van der Waals surface area contributed by atoms with Gasteiger partial charge in [0.05, 0.1) is 6.61 Å². The van der Waals surface area contributed by atoms with E-state index in [0.29, 0.717) is 12.5 Å². The van der Waals surface area contributed by atoms with Crippen LogP contribution in [0.25, 0.3) is 0 Å². The Hall–Kier alpha value is -1.63. The summed E-state index contributed by atoms with van der Waals surface area (Å²) in [5.74, 6) is 6.13. The van der Waals surface area contributed by atoms with E-state index in [4.69, 9.17) is 15.3 Å². The summed E-state index contributed by atoms with van der Waals surface area (Å²) < 4.78 is 11.3. The number of hydrazine groups is 1. The summed E-state index contributed by atoms with van der Waals surface area (Å²) in [7, 11) is 0. The van der Waals surface area contributed by atoms with Crippen LogP contribution in [0.4, 0.5) is 5.95 Å². The average molecular weight is 281 g/mol. The van der Waals surface area contributed by atoms with Gasteiger partial charge in [-0.3, -0.25) is 5.43 Å². The third-order valence-corrected chi connectivity index (χ3v) is 3.45. The van der Waals surface area contributed by atoms with Crippen molar-refractivity contribution in [3.05, 3.63) is 0 Å². The zero-order valence-corrected chi connectivity index (χ0v) is 12.1. The molecule has 0 saturated heterocycles. The Bertz CT molecular complexity index is 429. The van der Waals surface area contributed by atoms with Crippen molar-refractivity contribution in [1.82, 2.24) is 15.0 Å². The molecule has 112 valence electrons. The highest BCUT2D eigenvalue weighted by atomic mass is 16.5. The molecular formula is C13H23N5O2. The van der Waals surface area contributed by atoms with Crippen LogP contribution in [0.1, 0.15) is 46.0 Å². The summed E-state index contributed by atoms with van der Waals surface area (Å²) in [6.07, 6.45) is 5.68. The molecule has 7 nitrogen and oxygen atoms in total. The van der Waals surface area contributed by atoms with Crippen LogP contribution in [-0.4, -0.2) is 27.7 Å². The molecule has 1 aromatic rings. The van der Waals surface area contributed by atoms with E-state index in [0.717, 1.165) is 12.8 Å². The summed E-state index contributed by atoms with van der Waals surface area (Å²) in [6.45, 7) is 4.76. The van der Waals surface area contributed by atoms with Gasteiger partial charge in [0.25, 0.3) is 0 Å². The number of hydrogen-bond acceptors (Lipinski definition) is 7. The maximum atomic E-state index is 5.89. The van der Waals surface area contributed by atoms with Gasteiger partial charge >= 0.3 is 12.0 Å². The zero-order valence-electron chi connectivity index (χ0n) is 12.1. The molecule has 1 aliphatic rings. The van der Waals surface area contributed by atoms with Gasteiger partial charge < -0.3 is 9.47 Å². The minimum atomic E-state index is 0.149. The standard InChI is InChI=1S/C13H23N5O2/c1-3-8-19-12-15-11(18-14)16-13(17-12)20-10-7-5-4-6-9(10)2/h9-10H,3-8,14H2,1-2H3,(H,15,16,17,18). The van der Waals surface area contributed by atoms with Gasteiger partial charge in [0.1, 0.15) is 6.10 Å². The summed E-state index contributed by atoms with van der Waals surface area (Å²) in [5, 5.41) is 0. The van der Waals surface area contributed by atoms with Gasteiger partial charge in [0.15, 0.2) is 0 Å². The number of nitrogens with two attached hydrogens (primary N) is 1. The zero-order chi connectivity index (χ0) is 14.4. The van der Waals surface area contributed by atoms with Crippen molar-refractivity contribution in [3.63, 3.8) is 0 Å². The quantitative estimate of drug-likeness (QED) is 0.607. The molecule has 0 aromatic carbocycles. The molecule has 1 heterocycles. The Labute approximate surface area is 119 Å². The average Bonchev–Trinajstić information content (AvgIpc) is 2.47. The summed E-state index contributed by atoms with van der Waals surface area (Å²) >= 11 is 0. The van der Waals surface area contributed by atoms with Crippen LogP contribution in [0, 0.1) is 5.92 Å². The number of nitrogen functional groups attached to an aromatic ring is 1. The lowest BCUT2D eigenvalue weighted by Gasteiger charge is -2.28. The van der Waals surface area contributed by atoms with E-state index in [1.54, 1.807) is 0 Å². The van der Waals surface area contributed by atoms with E-state index < -0.39 is 0 Å². The molecule has 0 aliphatic heterocycles. The lowest BCUT2D eigenvalue weighted by atomic mass is 9.88. The molecule has 0 spiro atoms. The Morgan fingerprint density at radius 1 is 1.20 bits per heavy atom. The van der Waals surface area contributed by atoms with Crippen molar-refractivity contribution in [2.24, 2.45) is 11.8 Å². The maximum Gasteiger partial charge on any atom is 0.324 e. The van der Waals surface area contributed by atoms with E-state index in [1.165, 1.54) is 19.3 Å². The van der Waals surface area contributed by atoms with Crippen LogP contribution in [0.5, 0.6) is 12.0 Å². The fourth-order valence-corrected chi connectivity index (χ4v) is 2.31. The lowest BCUT2D eigenvalue weighted by Crippen LogP contribution is -2.29. The molecule has 2 rings (SSSR count). The molecule has 7 heteroatoms. The number of rotatable bonds is 6. The number of nitrogens with one attached hydrogen (secondary N) is 1. The Morgan fingerprint density at radius 2 is 1.95 bits per heavy atom. The van der Waals surface area contributed by atoms with E-state index in [-0.39, 0.29) is 24.1 Å². The second-order valence-electron chi connectivity index (χ2n) is 5.14. The normalized spacial score (nSPS) is 22.4. The first-order valence-corrected chi connectivity index (χ1v) is 7.25. The number of aromatic nitrogens is 3. The minimum absolute atomic E-state index is 0.149. The molecule has 1 fully saturated rings. The van der Waals surface area contributed by atoms with E-state index >= 15 is 0 Å². The molecule has 1 saturated carbocycles. The Kier molecular flexibility index (Phi) is 5.34. The second kappa shape index (κ2) is 7.23. The first-order chi connectivity index (χ1) is 9.72. The topological polar surface area (TPSA) is 95.2 Å². The minimum Gasteiger partial charge on any atom is -0.463 e. The van der Waals surface area contributed by atoms with Crippen LogP contribution in [0.15, 0.2) is 0 Å². The third kappa shape index (κ3) is 3.93. The van der Waals surface area contributed by atoms with E-state index in [2.05, 4.69) is 27.3 Å². The monoisotopic (exact) mass is 281 g/mol. The Balaban J connectivity index is 2.08. The third-order valence-electron chi connectivity index (χ3n) is 3.45. The number of hydrogen-bond donors (Lipinski definition) is 2. The molecule has 0 radical (unpaired) electrons. The van der Waals surface area contributed by atoms with Gasteiger partial charge in [-0.05, 0) is 31.6 Å². The van der Waals surface area contributed by atoms with Crippen molar-refractivity contribution < 1.29 is 9.47 Å². The molecule has 1 aromatic heterocycles. The lowest BCUT2D eigenvalue weighted by molar-refractivity contribution is 0.0908. The molecular weight excluding hydrogens is 258 g/mol. The highest BCUT2D eigenvalue weighted by Gasteiger charge is 2.24. The fraction of sp³-hybridized carbons (Fsp3) is 0.769. The van der Waals surface area contributed by atoms with Crippen LogP contribution >= 0.6 is 0 Å². The molecule has 20 heavy (non-hydrogen) atoms. The van der Waals surface area contributed by atoms with E-state index in [9.17, 15) is 0 Å². The fourth-order valence-electron chi connectivity index (χ4n) is 2.31. The van der Waals surface area contributed by atoms with Crippen LogP contribution < -0.4 is 20.7 Å². The first kappa shape index (κ1) is 14.8. The van der Waals surface area contributed by atoms with Crippen LogP contribution in [-0.2, 0) is 0 Å². The summed E-state index contributed by atoms with van der Waals surface area (Å²) in [4.78, 5) is 12.4. The second-order valence-corrected chi connectivity index (χ2v) is 5.14. The van der Waals surface area contributed by atoms with Crippen molar-refractivity contribution >= 4 is 5.95 Å². The summed E-state index contributed by atoms with van der Waals surface area (Å²) in [5.41, 5.74) is 2.41. The summed E-state index contributed by atoms with van der Waals surface area (Å²) in [6, 6.07) is 0.520. The molecule has 2 unspecified atom stereocenters. The van der Waals surface area contributed by atoms with Gasteiger partial charge in [0, 0.05) is 0 Å². The van der Waals surface area contributed by atoms with Crippen molar-refractivity contribution in [1.29, 1.82) is 0 Å². The molecule has 2 atom stereocenters. The van der Waals surface area contributed by atoms with Gasteiger partial charge in [-0.25, -0.2) is 5.84 Å². The maximum absolute atomic E-state index is 5.89. The molecule has 3 N–H and O–H groups in total. The SMILES string of the molecule is CCCOc1nc(NN)nc(OC2CCCCC2C)n1. The van der Waals surface area contributed by atoms with E-state index in [1.807, 2.05) is 6.92 Å². The highest BCUT2D eigenvalue weighted by Crippen LogP contribution is 2.27. The largest absolute Gasteiger partial charge is 0.463 e. The van der Waals surface area contributed by atoms with Gasteiger partial charge in [-0.15, -0.1) is 4.98 Å². The van der Waals surface area contributed by atoms with Gasteiger partial charge in [-0.2, -0.15) is 9.97 Å². The number of nitrogens with zero attached hydrogens (tertiary/aromatic N) is 3. The van der Waals surface area contributed by atoms with Crippen molar-refractivity contribution in [3.8, 4) is 12.0 Å². The van der Waals surface area contributed by atoms with Crippen LogP contribution in [0.3, 0.4) is 0 Å². The smallest absolute Gasteiger partial charge is 0.324 e. The van der Waals surface area contributed by atoms with Gasteiger partial charge in [0.2, 0.25) is 5.95 Å². The molecule has 1 aliphatic carbocycles.